The Morgan fingerprint density at radius 3 is 1.35 bits per heavy atom. The van der Waals surface area contributed by atoms with E-state index in [1.54, 1.807) is 0 Å². The Labute approximate surface area is 206 Å². The van der Waals surface area contributed by atoms with Gasteiger partial charge in [-0.3, -0.25) is 0 Å². The van der Waals surface area contributed by atoms with Gasteiger partial charge >= 0.3 is 0 Å². The first kappa shape index (κ1) is 25.7. The molecule has 3 aromatic rings. The van der Waals surface area contributed by atoms with E-state index in [4.69, 9.17) is 0 Å². The van der Waals surface area contributed by atoms with Crippen molar-refractivity contribution in [1.82, 2.24) is 10.6 Å². The van der Waals surface area contributed by atoms with Crippen LogP contribution < -0.4 is 10.6 Å². The van der Waals surface area contributed by atoms with Crippen molar-refractivity contribution >= 4 is 24.3 Å². The fourth-order valence-electron chi connectivity index (χ4n) is 4.01. The summed E-state index contributed by atoms with van der Waals surface area (Å²) in [4.78, 5) is 0. The maximum absolute atomic E-state index is 3.22. The molecule has 0 unspecified atom stereocenters. The lowest BCUT2D eigenvalue weighted by molar-refractivity contribution is 0.597. The van der Waals surface area contributed by atoms with E-state index in [0.29, 0.717) is 0 Å². The summed E-state index contributed by atoms with van der Waals surface area (Å²) in [6.07, 6.45) is 16.5. The summed E-state index contributed by atoms with van der Waals surface area (Å²) in [5, 5.41) is 6.40. The molecule has 0 bridgehead atoms. The zero-order chi connectivity index (χ0) is 23.8. The van der Waals surface area contributed by atoms with Crippen LogP contribution in [0.2, 0.25) is 0 Å². The summed E-state index contributed by atoms with van der Waals surface area (Å²) >= 11 is 0. The summed E-state index contributed by atoms with van der Waals surface area (Å²) in [6, 6.07) is 26.4. The van der Waals surface area contributed by atoms with Crippen molar-refractivity contribution in [3.63, 3.8) is 0 Å². The Kier molecular flexibility index (Phi) is 11.4. The SMILES string of the molecule is CNCCCCCCCc1ccc(/C=C/c2ccc(/C=C/c3ccc(CNC)cc3)cc2)cc1. The predicted molar refractivity (Wildman–Crippen MR) is 151 cm³/mol. The summed E-state index contributed by atoms with van der Waals surface area (Å²) in [5.74, 6) is 0. The third kappa shape index (κ3) is 9.51. The van der Waals surface area contributed by atoms with Crippen LogP contribution in [0.5, 0.6) is 0 Å². The van der Waals surface area contributed by atoms with Gasteiger partial charge in [-0.25, -0.2) is 0 Å². The minimum atomic E-state index is 0.904. The molecule has 178 valence electrons. The van der Waals surface area contributed by atoms with E-state index >= 15 is 0 Å². The standard InChI is InChI=1S/C32H40N2/c1-33-25-7-5-3-4-6-8-27-9-11-28(12-10-27)13-14-29-15-17-30(18-16-29)19-20-31-21-23-32(24-22-31)26-34-2/h9-24,33-34H,3-8,25-26H2,1-2H3/b14-13+,20-19+. The molecule has 2 N–H and O–H groups in total. The molecule has 0 atom stereocenters. The van der Waals surface area contributed by atoms with Crippen LogP contribution in [-0.4, -0.2) is 20.6 Å². The molecule has 2 heteroatoms. The Morgan fingerprint density at radius 2 is 0.882 bits per heavy atom. The summed E-state index contributed by atoms with van der Waals surface area (Å²) < 4.78 is 0. The molecule has 2 nitrogen and oxygen atoms in total. The average Bonchev–Trinajstić information content (AvgIpc) is 2.88. The molecular formula is C32H40N2. The van der Waals surface area contributed by atoms with Crippen molar-refractivity contribution < 1.29 is 0 Å². The number of aryl methyl sites for hydroxylation is 1. The Hall–Kier alpha value is -2.94. The molecule has 0 amide bonds. The molecule has 0 aliphatic heterocycles. The second kappa shape index (κ2) is 15.1. The van der Waals surface area contributed by atoms with Gasteiger partial charge in [-0.15, -0.1) is 0 Å². The highest BCUT2D eigenvalue weighted by atomic mass is 14.8. The van der Waals surface area contributed by atoms with Gasteiger partial charge in [0.25, 0.3) is 0 Å². The second-order valence-electron chi connectivity index (χ2n) is 8.97. The smallest absolute Gasteiger partial charge is 0.0202 e. The minimum absolute atomic E-state index is 0.904. The fraction of sp³-hybridized carbons (Fsp3) is 0.312. The van der Waals surface area contributed by atoms with E-state index in [0.717, 1.165) is 13.1 Å². The molecule has 0 radical (unpaired) electrons. The predicted octanol–water partition coefficient (Wildman–Crippen LogP) is 7.46. The topological polar surface area (TPSA) is 24.1 Å². The molecule has 3 aromatic carbocycles. The third-order valence-corrected chi connectivity index (χ3v) is 6.11. The molecule has 0 heterocycles. The first-order valence-electron chi connectivity index (χ1n) is 12.7. The van der Waals surface area contributed by atoms with Crippen LogP contribution in [0.3, 0.4) is 0 Å². The Morgan fingerprint density at radius 1 is 0.471 bits per heavy atom. The van der Waals surface area contributed by atoms with Crippen molar-refractivity contribution in [3.05, 3.63) is 106 Å². The monoisotopic (exact) mass is 452 g/mol. The third-order valence-electron chi connectivity index (χ3n) is 6.11. The van der Waals surface area contributed by atoms with Crippen molar-refractivity contribution in [1.29, 1.82) is 0 Å². The van der Waals surface area contributed by atoms with Crippen LogP contribution in [0.4, 0.5) is 0 Å². The van der Waals surface area contributed by atoms with Crippen molar-refractivity contribution in [2.75, 3.05) is 20.6 Å². The van der Waals surface area contributed by atoms with Gasteiger partial charge in [0.1, 0.15) is 0 Å². The fourth-order valence-corrected chi connectivity index (χ4v) is 4.01. The van der Waals surface area contributed by atoms with E-state index in [2.05, 4.69) is 108 Å². The number of unbranched alkanes of at least 4 members (excludes halogenated alkanes) is 4. The van der Waals surface area contributed by atoms with Gasteiger partial charge in [0.15, 0.2) is 0 Å². The van der Waals surface area contributed by atoms with Gasteiger partial charge in [-0.1, -0.05) is 116 Å². The normalized spacial score (nSPS) is 11.6. The van der Waals surface area contributed by atoms with Gasteiger partial charge in [-0.2, -0.15) is 0 Å². The number of hydrogen-bond donors (Lipinski definition) is 2. The molecule has 0 spiro atoms. The van der Waals surface area contributed by atoms with Gasteiger partial charge in [0, 0.05) is 6.54 Å². The number of benzene rings is 3. The van der Waals surface area contributed by atoms with E-state index in [1.165, 1.54) is 71.9 Å². The summed E-state index contributed by atoms with van der Waals surface area (Å²) in [7, 11) is 4.00. The van der Waals surface area contributed by atoms with Gasteiger partial charge in [0.2, 0.25) is 0 Å². The Bertz CT molecular complexity index is 996. The van der Waals surface area contributed by atoms with Crippen LogP contribution in [0.25, 0.3) is 24.3 Å². The van der Waals surface area contributed by atoms with Gasteiger partial charge in [-0.05, 0) is 73.3 Å². The highest BCUT2D eigenvalue weighted by molar-refractivity contribution is 5.73. The van der Waals surface area contributed by atoms with Crippen LogP contribution in [-0.2, 0) is 13.0 Å². The maximum Gasteiger partial charge on any atom is 0.0202 e. The van der Waals surface area contributed by atoms with Crippen LogP contribution in [0.15, 0.2) is 72.8 Å². The average molecular weight is 453 g/mol. The van der Waals surface area contributed by atoms with E-state index in [9.17, 15) is 0 Å². The lowest BCUT2D eigenvalue weighted by atomic mass is 10.0. The zero-order valence-electron chi connectivity index (χ0n) is 20.9. The summed E-state index contributed by atoms with van der Waals surface area (Å²) in [5.41, 5.74) is 7.65. The number of nitrogens with one attached hydrogen (secondary N) is 2. The molecule has 3 rings (SSSR count). The molecule has 0 fully saturated rings. The van der Waals surface area contributed by atoms with Gasteiger partial charge in [0.05, 0.1) is 0 Å². The lowest BCUT2D eigenvalue weighted by Crippen LogP contribution is -2.06. The maximum atomic E-state index is 3.22. The highest BCUT2D eigenvalue weighted by Crippen LogP contribution is 2.15. The molecule has 0 aromatic heterocycles. The van der Waals surface area contributed by atoms with E-state index in [-0.39, 0.29) is 0 Å². The van der Waals surface area contributed by atoms with Crippen molar-refractivity contribution in [2.45, 2.75) is 45.1 Å². The largest absolute Gasteiger partial charge is 0.320 e. The van der Waals surface area contributed by atoms with E-state index < -0.39 is 0 Å². The molecule has 0 aliphatic rings. The quantitative estimate of drug-likeness (QED) is 0.196. The van der Waals surface area contributed by atoms with Crippen LogP contribution in [0, 0.1) is 0 Å². The molecule has 0 aliphatic carbocycles. The van der Waals surface area contributed by atoms with Crippen LogP contribution in [0.1, 0.15) is 65.5 Å². The molecule has 0 saturated heterocycles. The summed E-state index contributed by atoms with van der Waals surface area (Å²) in [6.45, 7) is 2.05. The lowest BCUT2D eigenvalue weighted by Gasteiger charge is -2.03. The zero-order valence-corrected chi connectivity index (χ0v) is 20.9. The van der Waals surface area contributed by atoms with Crippen molar-refractivity contribution in [3.8, 4) is 0 Å². The van der Waals surface area contributed by atoms with Crippen molar-refractivity contribution in [2.24, 2.45) is 0 Å². The number of hydrogen-bond acceptors (Lipinski definition) is 2. The van der Waals surface area contributed by atoms with Crippen LogP contribution >= 0.6 is 0 Å². The van der Waals surface area contributed by atoms with Gasteiger partial charge < -0.3 is 10.6 Å². The minimum Gasteiger partial charge on any atom is -0.320 e. The number of rotatable bonds is 14. The first-order chi connectivity index (χ1) is 16.8. The molecule has 34 heavy (non-hydrogen) atoms. The second-order valence-corrected chi connectivity index (χ2v) is 8.97. The van der Waals surface area contributed by atoms with E-state index in [1.807, 2.05) is 14.1 Å². The molecule has 0 saturated carbocycles. The molecular weight excluding hydrogens is 412 g/mol. The first-order valence-corrected chi connectivity index (χ1v) is 12.7. The Balaban J connectivity index is 1.43. The highest BCUT2D eigenvalue weighted by Gasteiger charge is 1.96.